The van der Waals surface area contributed by atoms with Crippen molar-refractivity contribution in [2.45, 2.75) is 33.2 Å². The highest BCUT2D eigenvalue weighted by Crippen LogP contribution is 2.30. The summed E-state index contributed by atoms with van der Waals surface area (Å²) >= 11 is 0. The zero-order valence-electron chi connectivity index (χ0n) is 16.9. The summed E-state index contributed by atoms with van der Waals surface area (Å²) in [7, 11) is 1.64. The van der Waals surface area contributed by atoms with Crippen molar-refractivity contribution in [3.63, 3.8) is 0 Å². The molecular formula is C21H25N5O3. The molecule has 152 valence electrons. The number of aryl methyl sites for hydroxylation is 2. The molecule has 4 rings (SSSR count). The Hall–Kier alpha value is -3.16. The standard InChI is InChI=1S/C21H25N5O3/c1-13-18-19(23-14(2)24-21(18)29-25-13)26-10-4-5-16(12-26)20(27)22-11-15-6-8-17(28-3)9-7-15/h6-9,16H,4-5,10-12H2,1-3H3,(H,22,27). The van der Waals surface area contributed by atoms with Crippen molar-refractivity contribution in [3.05, 3.63) is 41.3 Å². The topological polar surface area (TPSA) is 93.4 Å². The number of carbonyl (C=O) groups is 1. The lowest BCUT2D eigenvalue weighted by atomic mass is 9.96. The third-order valence-electron chi connectivity index (χ3n) is 5.32. The normalized spacial score (nSPS) is 16.8. The number of benzene rings is 1. The van der Waals surface area contributed by atoms with E-state index in [1.807, 2.05) is 38.1 Å². The fourth-order valence-electron chi connectivity index (χ4n) is 3.76. The highest BCUT2D eigenvalue weighted by atomic mass is 16.5. The molecular weight excluding hydrogens is 370 g/mol. The molecule has 0 bridgehead atoms. The highest BCUT2D eigenvalue weighted by Gasteiger charge is 2.28. The summed E-state index contributed by atoms with van der Waals surface area (Å²) in [5, 5.41) is 7.92. The number of hydrogen-bond acceptors (Lipinski definition) is 7. The van der Waals surface area contributed by atoms with Gasteiger partial charge < -0.3 is 19.5 Å². The van der Waals surface area contributed by atoms with E-state index in [9.17, 15) is 4.79 Å². The van der Waals surface area contributed by atoms with Crippen molar-refractivity contribution in [3.8, 4) is 5.75 Å². The van der Waals surface area contributed by atoms with Gasteiger partial charge in [-0.1, -0.05) is 17.3 Å². The van der Waals surface area contributed by atoms with Gasteiger partial charge in [0.1, 0.15) is 22.8 Å². The number of methoxy groups -OCH3 is 1. The summed E-state index contributed by atoms with van der Waals surface area (Å²) < 4.78 is 10.5. The molecule has 1 amide bonds. The smallest absolute Gasteiger partial charge is 0.263 e. The van der Waals surface area contributed by atoms with Crippen LogP contribution in [-0.4, -0.2) is 41.2 Å². The van der Waals surface area contributed by atoms with Crippen molar-refractivity contribution in [1.29, 1.82) is 0 Å². The monoisotopic (exact) mass is 395 g/mol. The fourth-order valence-corrected chi connectivity index (χ4v) is 3.76. The largest absolute Gasteiger partial charge is 0.497 e. The Morgan fingerprint density at radius 1 is 1.28 bits per heavy atom. The van der Waals surface area contributed by atoms with Gasteiger partial charge in [0.25, 0.3) is 5.71 Å². The first-order valence-electron chi connectivity index (χ1n) is 9.81. The third-order valence-corrected chi connectivity index (χ3v) is 5.32. The van der Waals surface area contributed by atoms with Gasteiger partial charge in [0.2, 0.25) is 5.91 Å². The molecule has 29 heavy (non-hydrogen) atoms. The second-order valence-corrected chi connectivity index (χ2v) is 7.39. The molecule has 0 aliphatic carbocycles. The van der Waals surface area contributed by atoms with Crippen LogP contribution >= 0.6 is 0 Å². The van der Waals surface area contributed by atoms with Crippen LogP contribution in [0.4, 0.5) is 5.82 Å². The van der Waals surface area contributed by atoms with Crippen LogP contribution in [0.1, 0.15) is 29.9 Å². The van der Waals surface area contributed by atoms with E-state index in [0.29, 0.717) is 24.6 Å². The second kappa shape index (κ2) is 8.06. The summed E-state index contributed by atoms with van der Waals surface area (Å²) in [6.07, 6.45) is 1.79. The molecule has 1 saturated heterocycles. The lowest BCUT2D eigenvalue weighted by molar-refractivity contribution is -0.125. The maximum absolute atomic E-state index is 12.8. The lowest BCUT2D eigenvalue weighted by Crippen LogP contribution is -2.43. The lowest BCUT2D eigenvalue weighted by Gasteiger charge is -2.33. The van der Waals surface area contributed by atoms with Gasteiger partial charge in [0.05, 0.1) is 18.7 Å². The van der Waals surface area contributed by atoms with Crippen molar-refractivity contribution >= 4 is 22.8 Å². The van der Waals surface area contributed by atoms with Crippen LogP contribution in [0, 0.1) is 19.8 Å². The number of fused-ring (bicyclic) bond motifs is 1. The Morgan fingerprint density at radius 2 is 2.07 bits per heavy atom. The van der Waals surface area contributed by atoms with Gasteiger partial charge in [-0.15, -0.1) is 0 Å². The number of nitrogens with zero attached hydrogens (tertiary/aromatic N) is 4. The van der Waals surface area contributed by atoms with Crippen LogP contribution in [-0.2, 0) is 11.3 Å². The molecule has 1 N–H and O–H groups in total. The first kappa shape index (κ1) is 19.2. The van der Waals surface area contributed by atoms with Crippen LogP contribution in [0.3, 0.4) is 0 Å². The van der Waals surface area contributed by atoms with Crippen molar-refractivity contribution in [1.82, 2.24) is 20.4 Å². The number of hydrogen-bond donors (Lipinski definition) is 1. The quantitative estimate of drug-likeness (QED) is 0.710. The molecule has 1 atom stereocenters. The van der Waals surface area contributed by atoms with E-state index in [4.69, 9.17) is 9.26 Å². The zero-order valence-corrected chi connectivity index (χ0v) is 16.9. The number of anilines is 1. The minimum Gasteiger partial charge on any atom is -0.497 e. The van der Waals surface area contributed by atoms with Gasteiger partial charge >= 0.3 is 0 Å². The zero-order chi connectivity index (χ0) is 20.4. The molecule has 1 unspecified atom stereocenters. The molecule has 8 heteroatoms. The number of piperidine rings is 1. The van der Waals surface area contributed by atoms with E-state index in [2.05, 4.69) is 25.3 Å². The summed E-state index contributed by atoms with van der Waals surface area (Å²) in [6.45, 7) is 5.69. The predicted octanol–water partition coefficient (Wildman–Crippen LogP) is 2.78. The van der Waals surface area contributed by atoms with Gasteiger partial charge in [0.15, 0.2) is 0 Å². The van der Waals surface area contributed by atoms with E-state index < -0.39 is 0 Å². The summed E-state index contributed by atoms with van der Waals surface area (Å²) in [5.74, 6) is 2.22. The summed E-state index contributed by atoms with van der Waals surface area (Å²) in [4.78, 5) is 23.9. The number of amides is 1. The van der Waals surface area contributed by atoms with Crippen LogP contribution < -0.4 is 15.0 Å². The number of nitrogens with one attached hydrogen (secondary N) is 1. The Balaban J connectivity index is 1.45. The van der Waals surface area contributed by atoms with Crippen molar-refractivity contribution < 1.29 is 14.1 Å². The fraction of sp³-hybridized carbons (Fsp3) is 0.429. The Kier molecular flexibility index (Phi) is 5.33. The highest BCUT2D eigenvalue weighted by molar-refractivity contribution is 5.88. The van der Waals surface area contributed by atoms with E-state index in [-0.39, 0.29) is 11.8 Å². The third kappa shape index (κ3) is 4.01. The predicted molar refractivity (Wildman–Crippen MR) is 109 cm³/mol. The Labute approximate surface area is 169 Å². The number of rotatable bonds is 5. The maximum atomic E-state index is 12.8. The average molecular weight is 395 g/mol. The molecule has 3 aromatic rings. The number of carbonyl (C=O) groups excluding carboxylic acids is 1. The molecule has 0 saturated carbocycles. The van der Waals surface area contributed by atoms with E-state index in [0.717, 1.165) is 47.6 Å². The first-order valence-corrected chi connectivity index (χ1v) is 9.81. The molecule has 1 aliphatic rings. The van der Waals surface area contributed by atoms with Crippen LogP contribution in [0.15, 0.2) is 28.8 Å². The van der Waals surface area contributed by atoms with E-state index in [1.54, 1.807) is 7.11 Å². The summed E-state index contributed by atoms with van der Waals surface area (Å²) in [5.41, 5.74) is 2.30. The Morgan fingerprint density at radius 3 is 2.83 bits per heavy atom. The number of aromatic nitrogens is 3. The Bertz CT molecular complexity index is 1020. The van der Waals surface area contributed by atoms with Gasteiger partial charge in [-0.25, -0.2) is 4.98 Å². The minimum absolute atomic E-state index is 0.0644. The molecule has 0 spiro atoms. The molecule has 0 radical (unpaired) electrons. The first-order chi connectivity index (χ1) is 14.0. The van der Waals surface area contributed by atoms with Gasteiger partial charge in [-0.3, -0.25) is 4.79 Å². The SMILES string of the molecule is COc1ccc(CNC(=O)C2CCCN(c3nc(C)nc4onc(C)c34)C2)cc1. The van der Waals surface area contributed by atoms with Crippen molar-refractivity contribution in [2.75, 3.05) is 25.1 Å². The maximum Gasteiger partial charge on any atom is 0.263 e. The van der Waals surface area contributed by atoms with E-state index >= 15 is 0 Å². The summed E-state index contributed by atoms with van der Waals surface area (Å²) in [6, 6.07) is 7.71. The molecule has 8 nitrogen and oxygen atoms in total. The second-order valence-electron chi connectivity index (χ2n) is 7.39. The van der Waals surface area contributed by atoms with Gasteiger partial charge in [-0.05, 0) is 44.4 Å². The molecule has 1 aromatic carbocycles. The van der Waals surface area contributed by atoms with Crippen molar-refractivity contribution in [2.24, 2.45) is 5.92 Å². The van der Waals surface area contributed by atoms with Gasteiger partial charge in [-0.2, -0.15) is 4.98 Å². The molecule has 1 fully saturated rings. The van der Waals surface area contributed by atoms with E-state index in [1.165, 1.54) is 0 Å². The molecule has 3 heterocycles. The van der Waals surface area contributed by atoms with Gasteiger partial charge in [0, 0.05) is 19.6 Å². The number of ether oxygens (including phenoxy) is 1. The van der Waals surface area contributed by atoms with Crippen LogP contribution in [0.25, 0.3) is 11.1 Å². The molecule has 1 aliphatic heterocycles. The minimum atomic E-state index is -0.0903. The van der Waals surface area contributed by atoms with Crippen LogP contribution in [0.2, 0.25) is 0 Å². The average Bonchev–Trinajstić information content (AvgIpc) is 3.12. The van der Waals surface area contributed by atoms with Crippen LogP contribution in [0.5, 0.6) is 5.75 Å². The molecule has 2 aromatic heterocycles.